The van der Waals surface area contributed by atoms with Crippen LogP contribution in [0.3, 0.4) is 0 Å². The minimum atomic E-state index is -0.213. The molecule has 0 radical (unpaired) electrons. The molecule has 1 amide bonds. The molecule has 8 heteroatoms. The summed E-state index contributed by atoms with van der Waals surface area (Å²) in [6.07, 6.45) is 0.809. The molecule has 0 aliphatic carbocycles. The van der Waals surface area contributed by atoms with Crippen LogP contribution < -0.4 is 5.32 Å². The number of hydrogen-bond acceptors (Lipinski definition) is 6. The highest BCUT2D eigenvalue weighted by Crippen LogP contribution is 2.24. The van der Waals surface area contributed by atoms with Gasteiger partial charge in [0.2, 0.25) is 5.13 Å². The molecule has 6 nitrogen and oxygen atoms in total. The van der Waals surface area contributed by atoms with Gasteiger partial charge in [-0.2, -0.15) is 4.68 Å². The number of benzene rings is 1. The molecule has 4 rings (SSSR count). The number of amides is 1. The zero-order valence-electron chi connectivity index (χ0n) is 14.6. The average molecular weight is 396 g/mol. The molecule has 0 aliphatic rings. The molecule has 0 aliphatic heterocycles. The summed E-state index contributed by atoms with van der Waals surface area (Å²) in [4.78, 5) is 18.3. The zero-order valence-corrected chi connectivity index (χ0v) is 16.3. The van der Waals surface area contributed by atoms with E-state index in [0.29, 0.717) is 23.1 Å². The third-order valence-corrected chi connectivity index (χ3v) is 5.84. The van der Waals surface area contributed by atoms with Crippen molar-refractivity contribution in [2.24, 2.45) is 0 Å². The lowest BCUT2D eigenvalue weighted by Gasteiger charge is -2.03. The molecule has 136 valence electrons. The van der Waals surface area contributed by atoms with Gasteiger partial charge in [0.1, 0.15) is 0 Å². The van der Waals surface area contributed by atoms with Crippen LogP contribution in [0.2, 0.25) is 0 Å². The Labute approximate surface area is 164 Å². The van der Waals surface area contributed by atoms with Crippen molar-refractivity contribution < 1.29 is 4.79 Å². The Morgan fingerprint density at radius 3 is 2.78 bits per heavy atom. The van der Waals surface area contributed by atoms with Crippen molar-refractivity contribution in [2.45, 2.75) is 13.3 Å². The van der Waals surface area contributed by atoms with E-state index >= 15 is 0 Å². The highest BCUT2D eigenvalue weighted by atomic mass is 32.1. The highest BCUT2D eigenvalue weighted by Gasteiger charge is 2.19. The fraction of sp³-hybridized carbons (Fsp3) is 0.158. The first-order valence-corrected chi connectivity index (χ1v) is 10.2. The predicted molar refractivity (Wildman–Crippen MR) is 108 cm³/mol. The van der Waals surface area contributed by atoms with E-state index in [2.05, 4.69) is 26.7 Å². The van der Waals surface area contributed by atoms with E-state index < -0.39 is 0 Å². The van der Waals surface area contributed by atoms with Crippen LogP contribution in [0.25, 0.3) is 16.4 Å². The van der Waals surface area contributed by atoms with Crippen LogP contribution in [0.1, 0.15) is 21.1 Å². The fourth-order valence-electron chi connectivity index (χ4n) is 2.66. The number of nitrogens with zero attached hydrogens (tertiary/aromatic N) is 4. The number of nitrogens with one attached hydrogen (secondary N) is 1. The summed E-state index contributed by atoms with van der Waals surface area (Å²) in [6.45, 7) is 2.40. The number of thiazole rings is 1. The monoisotopic (exact) mass is 395 g/mol. The van der Waals surface area contributed by atoms with E-state index in [1.165, 1.54) is 16.2 Å². The van der Waals surface area contributed by atoms with Crippen molar-refractivity contribution in [3.63, 3.8) is 0 Å². The molecular formula is C19H17N5OS2. The third-order valence-electron chi connectivity index (χ3n) is 4.09. The van der Waals surface area contributed by atoms with E-state index in [9.17, 15) is 4.79 Å². The summed E-state index contributed by atoms with van der Waals surface area (Å²) in [6, 6.07) is 14.0. The maximum absolute atomic E-state index is 12.4. The van der Waals surface area contributed by atoms with E-state index in [1.54, 1.807) is 16.0 Å². The van der Waals surface area contributed by atoms with Crippen LogP contribution in [-0.2, 0) is 6.42 Å². The summed E-state index contributed by atoms with van der Waals surface area (Å²) in [5, 5.41) is 15.8. The van der Waals surface area contributed by atoms with Crippen LogP contribution in [0, 0.1) is 6.92 Å². The van der Waals surface area contributed by atoms with Gasteiger partial charge < -0.3 is 5.32 Å². The van der Waals surface area contributed by atoms with Gasteiger partial charge in [0, 0.05) is 22.4 Å². The molecule has 4 aromatic rings. The first-order chi connectivity index (χ1) is 13.2. The van der Waals surface area contributed by atoms with Gasteiger partial charge >= 0.3 is 0 Å². The van der Waals surface area contributed by atoms with Crippen LogP contribution in [0.4, 0.5) is 0 Å². The quantitative estimate of drug-likeness (QED) is 0.540. The zero-order chi connectivity index (χ0) is 18.6. The van der Waals surface area contributed by atoms with E-state index in [0.717, 1.165) is 17.7 Å². The van der Waals surface area contributed by atoms with Crippen LogP contribution in [-0.4, -0.2) is 32.4 Å². The molecule has 0 atom stereocenters. The second kappa shape index (κ2) is 7.81. The van der Waals surface area contributed by atoms with Crippen molar-refractivity contribution >= 4 is 28.6 Å². The summed E-state index contributed by atoms with van der Waals surface area (Å²) in [5.41, 5.74) is 2.94. The fourth-order valence-corrected chi connectivity index (χ4v) is 4.20. The maximum Gasteiger partial charge on any atom is 0.273 e. The normalized spacial score (nSPS) is 10.9. The molecule has 0 saturated carbocycles. The van der Waals surface area contributed by atoms with Crippen molar-refractivity contribution in [1.82, 2.24) is 25.3 Å². The molecule has 0 unspecified atom stereocenters. The molecule has 1 aromatic carbocycles. The third kappa shape index (κ3) is 3.81. The first-order valence-electron chi connectivity index (χ1n) is 8.46. The van der Waals surface area contributed by atoms with Gasteiger partial charge in [0.15, 0.2) is 5.69 Å². The molecule has 0 saturated heterocycles. The van der Waals surface area contributed by atoms with Crippen molar-refractivity contribution in [3.05, 3.63) is 69.5 Å². The molecule has 3 aromatic heterocycles. The van der Waals surface area contributed by atoms with E-state index in [-0.39, 0.29) is 5.91 Å². The molecule has 0 fully saturated rings. The van der Waals surface area contributed by atoms with Crippen LogP contribution in [0.5, 0.6) is 0 Å². The topological polar surface area (TPSA) is 72.7 Å². The summed E-state index contributed by atoms with van der Waals surface area (Å²) < 4.78 is 1.62. The smallest absolute Gasteiger partial charge is 0.273 e. The van der Waals surface area contributed by atoms with Crippen molar-refractivity contribution in [1.29, 1.82) is 0 Å². The molecule has 3 heterocycles. The number of rotatable bonds is 6. The number of carbonyl (C=O) groups excluding carboxylic acids is 1. The Morgan fingerprint density at radius 2 is 2.00 bits per heavy atom. The van der Waals surface area contributed by atoms with Gasteiger partial charge in [-0.15, -0.1) is 27.8 Å². The summed E-state index contributed by atoms with van der Waals surface area (Å²) in [7, 11) is 0. The Balaban J connectivity index is 1.47. The van der Waals surface area contributed by atoms with E-state index in [4.69, 9.17) is 0 Å². The lowest BCUT2D eigenvalue weighted by Crippen LogP contribution is -2.26. The minimum absolute atomic E-state index is 0.213. The van der Waals surface area contributed by atoms with Gasteiger partial charge in [-0.1, -0.05) is 41.6 Å². The van der Waals surface area contributed by atoms with Gasteiger partial charge in [0.05, 0.1) is 11.4 Å². The Bertz CT molecular complexity index is 1040. The molecule has 0 spiro atoms. The Morgan fingerprint density at radius 1 is 1.15 bits per heavy atom. The largest absolute Gasteiger partial charge is 0.350 e. The molecule has 27 heavy (non-hydrogen) atoms. The second-order valence-electron chi connectivity index (χ2n) is 5.90. The molecule has 0 bridgehead atoms. The van der Waals surface area contributed by atoms with Gasteiger partial charge in [-0.05, 0) is 24.8 Å². The Hall–Kier alpha value is -2.84. The number of hydrogen-bond donors (Lipinski definition) is 1. The van der Waals surface area contributed by atoms with Crippen LogP contribution in [0.15, 0.2) is 53.2 Å². The molecular weight excluding hydrogens is 378 g/mol. The number of thiophene rings is 1. The maximum atomic E-state index is 12.4. The van der Waals surface area contributed by atoms with Gasteiger partial charge in [-0.25, -0.2) is 4.98 Å². The predicted octanol–water partition coefficient (Wildman–Crippen LogP) is 3.73. The number of aromatic nitrogens is 4. The summed E-state index contributed by atoms with van der Waals surface area (Å²) >= 11 is 3.16. The van der Waals surface area contributed by atoms with Gasteiger partial charge in [0.25, 0.3) is 5.91 Å². The Kier molecular flexibility index (Phi) is 5.08. The lowest BCUT2D eigenvalue weighted by molar-refractivity contribution is 0.0948. The first kappa shape index (κ1) is 17.6. The van der Waals surface area contributed by atoms with Gasteiger partial charge in [-0.3, -0.25) is 4.79 Å². The van der Waals surface area contributed by atoms with Crippen molar-refractivity contribution in [2.75, 3.05) is 6.54 Å². The lowest BCUT2D eigenvalue weighted by atomic mass is 10.2. The van der Waals surface area contributed by atoms with Crippen LogP contribution >= 0.6 is 22.7 Å². The molecule has 1 N–H and O–H groups in total. The SMILES string of the molecule is Cc1c(C(=O)NCCc2cccs2)nnn1-c1nc(-c2ccccc2)cs1. The highest BCUT2D eigenvalue weighted by molar-refractivity contribution is 7.12. The minimum Gasteiger partial charge on any atom is -0.350 e. The second-order valence-corrected chi connectivity index (χ2v) is 7.77. The standard InChI is InChI=1S/C19H17N5OS2/c1-13-17(18(25)20-10-9-15-8-5-11-26-15)22-23-24(13)19-21-16(12-27-19)14-6-3-2-4-7-14/h2-8,11-12H,9-10H2,1H3,(H,20,25). The van der Waals surface area contributed by atoms with E-state index in [1.807, 2.05) is 54.1 Å². The van der Waals surface area contributed by atoms with Crippen molar-refractivity contribution in [3.8, 4) is 16.4 Å². The average Bonchev–Trinajstić information content (AvgIpc) is 3.43. The summed E-state index contributed by atoms with van der Waals surface area (Å²) in [5.74, 6) is -0.213. The number of carbonyl (C=O) groups is 1.